The molecule has 1 unspecified atom stereocenters. The molecule has 0 aliphatic rings. The molecular weight excluding hydrogens is 404 g/mol. The number of rotatable bonds is 6. The quantitative estimate of drug-likeness (QED) is 0.680. The number of carbonyl (C=O) groups is 2. The average molecular weight is 433 g/mol. The van der Waals surface area contributed by atoms with Gasteiger partial charge in [0.1, 0.15) is 0 Å². The predicted octanol–water partition coefficient (Wildman–Crippen LogP) is 3.56. The van der Waals surface area contributed by atoms with Gasteiger partial charge >= 0.3 is 5.97 Å². The van der Waals surface area contributed by atoms with Crippen molar-refractivity contribution in [1.82, 2.24) is 4.72 Å². The molecule has 0 fully saturated rings. The van der Waals surface area contributed by atoms with E-state index in [2.05, 4.69) is 10.0 Å². The van der Waals surface area contributed by atoms with Crippen LogP contribution in [0.5, 0.6) is 0 Å². The fourth-order valence-corrected chi connectivity index (χ4v) is 4.04. The van der Waals surface area contributed by atoms with Crippen LogP contribution in [-0.2, 0) is 19.6 Å². The molecule has 2 aromatic rings. The van der Waals surface area contributed by atoms with Gasteiger partial charge in [-0.05, 0) is 83.0 Å². The van der Waals surface area contributed by atoms with Gasteiger partial charge in [0.2, 0.25) is 10.0 Å². The van der Waals surface area contributed by atoms with E-state index in [9.17, 15) is 18.0 Å². The summed E-state index contributed by atoms with van der Waals surface area (Å²) in [5, 5.41) is 2.75. The summed E-state index contributed by atoms with van der Waals surface area (Å²) in [5.74, 6) is -1.17. The monoisotopic (exact) mass is 432 g/mol. The van der Waals surface area contributed by atoms with Gasteiger partial charge in [-0.15, -0.1) is 0 Å². The van der Waals surface area contributed by atoms with E-state index in [-0.39, 0.29) is 10.5 Å². The van der Waals surface area contributed by atoms with E-state index >= 15 is 0 Å². The Kier molecular flexibility index (Phi) is 7.05. The van der Waals surface area contributed by atoms with Crippen LogP contribution in [0.1, 0.15) is 49.2 Å². The molecule has 1 amide bonds. The van der Waals surface area contributed by atoms with Gasteiger partial charge in [-0.25, -0.2) is 17.9 Å². The molecule has 2 aromatic carbocycles. The molecule has 0 aliphatic carbocycles. The van der Waals surface area contributed by atoms with Crippen molar-refractivity contribution in [3.8, 4) is 0 Å². The van der Waals surface area contributed by atoms with Gasteiger partial charge in [0.05, 0.1) is 10.5 Å². The highest BCUT2D eigenvalue weighted by Gasteiger charge is 2.23. The number of carbonyl (C=O) groups excluding carboxylic acids is 2. The Hall–Kier alpha value is -2.71. The standard InChI is InChI=1S/C22H28N2O5S/c1-14-7-8-15(2)19(13-14)23-20(25)16(3)29-21(26)17-9-11-18(12-10-17)30(27,28)24-22(4,5)6/h7-13,16,24H,1-6H3,(H,23,25). The second-order valence-corrected chi connectivity index (χ2v) is 9.92. The van der Waals surface area contributed by atoms with E-state index in [0.29, 0.717) is 5.69 Å². The number of aryl methyl sites for hydroxylation is 2. The van der Waals surface area contributed by atoms with E-state index in [4.69, 9.17) is 4.74 Å². The van der Waals surface area contributed by atoms with Crippen molar-refractivity contribution in [2.45, 2.75) is 58.1 Å². The molecule has 30 heavy (non-hydrogen) atoms. The van der Waals surface area contributed by atoms with Gasteiger partial charge < -0.3 is 10.1 Å². The fourth-order valence-electron chi connectivity index (χ4n) is 2.62. The summed E-state index contributed by atoms with van der Waals surface area (Å²) < 4.78 is 32.5. The Labute approximate surface area is 177 Å². The summed E-state index contributed by atoms with van der Waals surface area (Å²) in [6, 6.07) is 11.0. The summed E-state index contributed by atoms with van der Waals surface area (Å²) in [6.45, 7) is 10.5. The minimum absolute atomic E-state index is 0.0367. The summed E-state index contributed by atoms with van der Waals surface area (Å²) in [6.07, 6.45) is -1.02. The lowest BCUT2D eigenvalue weighted by molar-refractivity contribution is -0.123. The molecule has 2 rings (SSSR count). The van der Waals surface area contributed by atoms with Crippen molar-refractivity contribution in [2.24, 2.45) is 0 Å². The molecule has 0 spiro atoms. The van der Waals surface area contributed by atoms with E-state index < -0.39 is 33.5 Å². The minimum atomic E-state index is -3.71. The van der Waals surface area contributed by atoms with Crippen molar-refractivity contribution < 1.29 is 22.7 Å². The molecule has 0 saturated carbocycles. The molecule has 2 N–H and O–H groups in total. The Balaban J connectivity index is 2.05. The Morgan fingerprint density at radius 3 is 2.17 bits per heavy atom. The summed E-state index contributed by atoms with van der Waals surface area (Å²) >= 11 is 0. The Morgan fingerprint density at radius 1 is 1.00 bits per heavy atom. The zero-order valence-electron chi connectivity index (χ0n) is 18.1. The van der Waals surface area contributed by atoms with E-state index in [1.807, 2.05) is 32.0 Å². The first kappa shape index (κ1) is 23.6. The lowest BCUT2D eigenvalue weighted by Crippen LogP contribution is -2.40. The van der Waals surface area contributed by atoms with Crippen LogP contribution < -0.4 is 10.0 Å². The summed E-state index contributed by atoms with van der Waals surface area (Å²) in [5.41, 5.74) is 2.07. The van der Waals surface area contributed by atoms with E-state index in [1.165, 1.54) is 31.2 Å². The number of benzene rings is 2. The highest BCUT2D eigenvalue weighted by atomic mass is 32.2. The number of anilines is 1. The highest BCUT2D eigenvalue weighted by Crippen LogP contribution is 2.18. The summed E-state index contributed by atoms with van der Waals surface area (Å²) in [7, 11) is -3.71. The first-order valence-corrected chi connectivity index (χ1v) is 11.0. The van der Waals surface area contributed by atoms with Gasteiger partial charge in [0.15, 0.2) is 6.10 Å². The highest BCUT2D eigenvalue weighted by molar-refractivity contribution is 7.89. The molecule has 0 radical (unpaired) electrons. The zero-order valence-corrected chi connectivity index (χ0v) is 18.9. The maximum Gasteiger partial charge on any atom is 0.338 e. The van der Waals surface area contributed by atoms with Crippen LogP contribution in [0.3, 0.4) is 0 Å². The third-order valence-corrected chi connectivity index (χ3v) is 5.92. The Bertz CT molecular complexity index is 1040. The predicted molar refractivity (Wildman–Crippen MR) is 116 cm³/mol. The first-order chi connectivity index (χ1) is 13.8. The van der Waals surface area contributed by atoms with Crippen LogP contribution in [0.2, 0.25) is 0 Å². The van der Waals surface area contributed by atoms with Gasteiger partial charge in [0.25, 0.3) is 5.91 Å². The molecule has 1 atom stereocenters. The van der Waals surface area contributed by atoms with Crippen LogP contribution >= 0.6 is 0 Å². The lowest BCUT2D eigenvalue weighted by atomic mass is 10.1. The van der Waals surface area contributed by atoms with Crippen LogP contribution in [0, 0.1) is 13.8 Å². The molecule has 162 valence electrons. The first-order valence-electron chi connectivity index (χ1n) is 9.52. The molecular formula is C22H28N2O5S. The zero-order chi connectivity index (χ0) is 22.7. The molecule has 0 heterocycles. The number of hydrogen-bond acceptors (Lipinski definition) is 5. The number of hydrogen-bond donors (Lipinski definition) is 2. The summed E-state index contributed by atoms with van der Waals surface area (Å²) in [4.78, 5) is 24.8. The molecule has 7 nitrogen and oxygen atoms in total. The lowest BCUT2D eigenvalue weighted by Gasteiger charge is -2.20. The molecule has 0 bridgehead atoms. The normalized spacial score (nSPS) is 12.9. The SMILES string of the molecule is Cc1ccc(C)c(NC(=O)C(C)OC(=O)c2ccc(S(=O)(=O)NC(C)(C)C)cc2)c1. The smallest absolute Gasteiger partial charge is 0.338 e. The minimum Gasteiger partial charge on any atom is -0.449 e. The van der Waals surface area contributed by atoms with Crippen LogP contribution in [0.25, 0.3) is 0 Å². The number of ether oxygens (including phenoxy) is 1. The third kappa shape index (κ3) is 6.40. The van der Waals surface area contributed by atoms with Crippen molar-refractivity contribution >= 4 is 27.6 Å². The maximum atomic E-state index is 12.4. The third-order valence-electron chi connectivity index (χ3n) is 4.14. The molecule has 8 heteroatoms. The van der Waals surface area contributed by atoms with Crippen molar-refractivity contribution in [2.75, 3.05) is 5.32 Å². The molecule has 0 aliphatic heterocycles. The van der Waals surface area contributed by atoms with Crippen molar-refractivity contribution in [3.05, 3.63) is 59.2 Å². The van der Waals surface area contributed by atoms with Gasteiger partial charge in [-0.1, -0.05) is 12.1 Å². The van der Waals surface area contributed by atoms with Crippen LogP contribution in [-0.4, -0.2) is 31.9 Å². The van der Waals surface area contributed by atoms with Gasteiger partial charge in [0, 0.05) is 11.2 Å². The van der Waals surface area contributed by atoms with E-state index in [1.54, 1.807) is 20.8 Å². The van der Waals surface area contributed by atoms with Crippen molar-refractivity contribution in [3.63, 3.8) is 0 Å². The second kappa shape index (κ2) is 8.97. The number of esters is 1. The van der Waals surface area contributed by atoms with E-state index in [0.717, 1.165) is 11.1 Å². The van der Waals surface area contributed by atoms with Crippen LogP contribution in [0.15, 0.2) is 47.4 Å². The van der Waals surface area contributed by atoms with Gasteiger partial charge in [-0.3, -0.25) is 4.79 Å². The number of amides is 1. The molecule has 0 aromatic heterocycles. The number of sulfonamides is 1. The van der Waals surface area contributed by atoms with Crippen LogP contribution in [0.4, 0.5) is 5.69 Å². The maximum absolute atomic E-state index is 12.4. The molecule has 0 saturated heterocycles. The van der Waals surface area contributed by atoms with Crippen molar-refractivity contribution in [1.29, 1.82) is 0 Å². The number of nitrogens with one attached hydrogen (secondary N) is 2. The second-order valence-electron chi connectivity index (χ2n) is 8.24. The van der Waals surface area contributed by atoms with Gasteiger partial charge in [-0.2, -0.15) is 0 Å². The fraction of sp³-hybridized carbons (Fsp3) is 0.364. The largest absolute Gasteiger partial charge is 0.449 e. The Morgan fingerprint density at radius 2 is 1.60 bits per heavy atom. The average Bonchev–Trinajstić information content (AvgIpc) is 2.62. The topological polar surface area (TPSA) is 102 Å².